The van der Waals surface area contributed by atoms with Crippen LogP contribution in [0.15, 0.2) is 18.2 Å². The third kappa shape index (κ3) is 1.95. The summed E-state index contributed by atoms with van der Waals surface area (Å²) in [6.07, 6.45) is 0. The maximum absolute atomic E-state index is 5.90. The van der Waals surface area contributed by atoms with Crippen LogP contribution in [0.2, 0.25) is 5.02 Å². The maximum atomic E-state index is 5.90. The minimum Gasteiger partial charge on any atom is -0.324 e. The Kier molecular flexibility index (Phi) is 2.53. The van der Waals surface area contributed by atoms with Crippen LogP contribution >= 0.6 is 11.6 Å². The van der Waals surface area contributed by atoms with Crippen molar-refractivity contribution in [1.82, 2.24) is 0 Å². The van der Waals surface area contributed by atoms with Gasteiger partial charge in [0.25, 0.3) is 0 Å². The lowest BCUT2D eigenvalue weighted by Gasteiger charge is -2.06. The van der Waals surface area contributed by atoms with Crippen molar-refractivity contribution in [3.8, 4) is 0 Å². The molecular weight excluding hydrogens is 158 g/mol. The van der Waals surface area contributed by atoms with Crippen molar-refractivity contribution < 1.29 is 0 Å². The van der Waals surface area contributed by atoms with Gasteiger partial charge in [-0.1, -0.05) is 23.7 Å². The predicted molar refractivity (Wildman–Crippen MR) is 48.8 cm³/mol. The monoisotopic (exact) mass is 169 g/mol. The van der Waals surface area contributed by atoms with Crippen molar-refractivity contribution in [2.45, 2.75) is 19.9 Å². The third-order valence-electron chi connectivity index (χ3n) is 1.72. The van der Waals surface area contributed by atoms with Gasteiger partial charge in [0.2, 0.25) is 0 Å². The summed E-state index contributed by atoms with van der Waals surface area (Å²) >= 11 is 5.90. The number of nitrogens with two attached hydrogens (primary N) is 1. The molecule has 1 rings (SSSR count). The standard InChI is InChI=1S/C9H12ClN/c1-6-3-4-8(7(2)11)5-9(6)10/h3-5,7H,11H2,1-2H3/t7-/m0/s1. The van der Waals surface area contributed by atoms with Gasteiger partial charge in [0, 0.05) is 11.1 Å². The lowest BCUT2D eigenvalue weighted by atomic mass is 10.1. The highest BCUT2D eigenvalue weighted by Gasteiger charge is 2.00. The maximum Gasteiger partial charge on any atom is 0.0438 e. The number of hydrogen-bond donors (Lipinski definition) is 1. The molecule has 0 unspecified atom stereocenters. The highest BCUT2D eigenvalue weighted by Crippen LogP contribution is 2.19. The topological polar surface area (TPSA) is 26.0 Å². The summed E-state index contributed by atoms with van der Waals surface area (Å²) in [6, 6.07) is 5.97. The van der Waals surface area contributed by atoms with Crippen LogP contribution in [0.1, 0.15) is 24.1 Å². The van der Waals surface area contributed by atoms with E-state index in [1.54, 1.807) is 0 Å². The fourth-order valence-corrected chi connectivity index (χ4v) is 1.08. The van der Waals surface area contributed by atoms with Gasteiger partial charge in [-0.2, -0.15) is 0 Å². The minimum atomic E-state index is 0.0631. The van der Waals surface area contributed by atoms with Crippen LogP contribution in [0.25, 0.3) is 0 Å². The second-order valence-electron chi connectivity index (χ2n) is 2.80. The van der Waals surface area contributed by atoms with Crippen LogP contribution in [0.5, 0.6) is 0 Å². The molecule has 0 heterocycles. The average molecular weight is 170 g/mol. The molecule has 0 aromatic heterocycles. The van der Waals surface area contributed by atoms with Gasteiger partial charge in [0.15, 0.2) is 0 Å². The molecule has 11 heavy (non-hydrogen) atoms. The van der Waals surface area contributed by atoms with Crippen LogP contribution in [0, 0.1) is 6.92 Å². The molecule has 0 aliphatic heterocycles. The number of benzene rings is 1. The Morgan fingerprint density at radius 1 is 1.45 bits per heavy atom. The second-order valence-corrected chi connectivity index (χ2v) is 3.20. The molecule has 1 aromatic rings. The first-order valence-electron chi connectivity index (χ1n) is 3.63. The molecule has 0 radical (unpaired) electrons. The van der Waals surface area contributed by atoms with E-state index in [0.29, 0.717) is 0 Å². The first-order valence-corrected chi connectivity index (χ1v) is 4.00. The Morgan fingerprint density at radius 2 is 2.09 bits per heavy atom. The molecular formula is C9H12ClN. The van der Waals surface area contributed by atoms with E-state index in [2.05, 4.69) is 0 Å². The van der Waals surface area contributed by atoms with Crippen molar-refractivity contribution in [3.63, 3.8) is 0 Å². The van der Waals surface area contributed by atoms with Crippen molar-refractivity contribution >= 4 is 11.6 Å². The van der Waals surface area contributed by atoms with Gasteiger partial charge in [-0.3, -0.25) is 0 Å². The Hall–Kier alpha value is -0.530. The van der Waals surface area contributed by atoms with Gasteiger partial charge in [-0.15, -0.1) is 0 Å². The van der Waals surface area contributed by atoms with E-state index in [1.165, 1.54) is 0 Å². The largest absolute Gasteiger partial charge is 0.324 e. The Bertz CT molecular complexity index is 256. The molecule has 0 aliphatic carbocycles. The molecule has 0 bridgehead atoms. The quantitative estimate of drug-likeness (QED) is 0.688. The lowest BCUT2D eigenvalue weighted by molar-refractivity contribution is 0.818. The third-order valence-corrected chi connectivity index (χ3v) is 2.13. The molecule has 0 saturated carbocycles. The molecule has 0 saturated heterocycles. The highest BCUT2D eigenvalue weighted by atomic mass is 35.5. The predicted octanol–water partition coefficient (Wildman–Crippen LogP) is 2.67. The zero-order chi connectivity index (χ0) is 8.43. The van der Waals surface area contributed by atoms with Crippen LogP contribution in [0.3, 0.4) is 0 Å². The normalized spacial score (nSPS) is 13.1. The zero-order valence-electron chi connectivity index (χ0n) is 6.76. The first-order chi connectivity index (χ1) is 5.11. The molecule has 0 fully saturated rings. The molecule has 0 amide bonds. The summed E-state index contributed by atoms with van der Waals surface area (Å²) in [7, 11) is 0. The Labute approximate surface area is 72.2 Å². The van der Waals surface area contributed by atoms with E-state index >= 15 is 0 Å². The van der Waals surface area contributed by atoms with Gasteiger partial charge in [0.1, 0.15) is 0 Å². The summed E-state index contributed by atoms with van der Waals surface area (Å²) in [5.74, 6) is 0. The van der Waals surface area contributed by atoms with E-state index in [0.717, 1.165) is 16.1 Å². The SMILES string of the molecule is Cc1ccc([C@H](C)N)cc1Cl. The van der Waals surface area contributed by atoms with Crippen LogP contribution in [-0.4, -0.2) is 0 Å². The molecule has 2 heteroatoms. The van der Waals surface area contributed by atoms with Gasteiger partial charge in [0.05, 0.1) is 0 Å². The lowest BCUT2D eigenvalue weighted by Crippen LogP contribution is -2.04. The second kappa shape index (κ2) is 3.24. The summed E-state index contributed by atoms with van der Waals surface area (Å²) in [4.78, 5) is 0. The van der Waals surface area contributed by atoms with Gasteiger partial charge >= 0.3 is 0 Å². The van der Waals surface area contributed by atoms with E-state index < -0.39 is 0 Å². The van der Waals surface area contributed by atoms with E-state index in [1.807, 2.05) is 32.0 Å². The molecule has 1 aromatic carbocycles. The molecule has 1 atom stereocenters. The highest BCUT2D eigenvalue weighted by molar-refractivity contribution is 6.31. The van der Waals surface area contributed by atoms with E-state index in [9.17, 15) is 0 Å². The Morgan fingerprint density at radius 3 is 2.55 bits per heavy atom. The summed E-state index contributed by atoms with van der Waals surface area (Å²) in [6.45, 7) is 3.92. The van der Waals surface area contributed by atoms with E-state index in [4.69, 9.17) is 17.3 Å². The number of aryl methyl sites for hydroxylation is 1. The van der Waals surface area contributed by atoms with Crippen LogP contribution < -0.4 is 5.73 Å². The van der Waals surface area contributed by atoms with Gasteiger partial charge < -0.3 is 5.73 Å². The van der Waals surface area contributed by atoms with Gasteiger partial charge in [-0.05, 0) is 31.0 Å². The molecule has 0 spiro atoms. The molecule has 2 N–H and O–H groups in total. The molecule has 1 nitrogen and oxygen atoms in total. The average Bonchev–Trinajstić information content (AvgIpc) is 1.94. The molecule has 60 valence electrons. The first kappa shape index (κ1) is 8.57. The summed E-state index contributed by atoms with van der Waals surface area (Å²) in [5.41, 5.74) is 7.85. The summed E-state index contributed by atoms with van der Waals surface area (Å²) < 4.78 is 0. The number of hydrogen-bond acceptors (Lipinski definition) is 1. The minimum absolute atomic E-state index is 0.0631. The Balaban J connectivity index is 3.05. The fourth-order valence-electron chi connectivity index (χ4n) is 0.892. The van der Waals surface area contributed by atoms with Crippen LogP contribution in [-0.2, 0) is 0 Å². The van der Waals surface area contributed by atoms with Gasteiger partial charge in [-0.25, -0.2) is 0 Å². The fraction of sp³-hybridized carbons (Fsp3) is 0.333. The smallest absolute Gasteiger partial charge is 0.0438 e. The van der Waals surface area contributed by atoms with Crippen molar-refractivity contribution in [3.05, 3.63) is 34.3 Å². The zero-order valence-corrected chi connectivity index (χ0v) is 7.52. The van der Waals surface area contributed by atoms with Crippen molar-refractivity contribution in [2.24, 2.45) is 5.73 Å². The van der Waals surface area contributed by atoms with Crippen molar-refractivity contribution in [1.29, 1.82) is 0 Å². The molecule has 0 aliphatic rings. The number of halogens is 1. The van der Waals surface area contributed by atoms with Crippen LogP contribution in [0.4, 0.5) is 0 Å². The van der Waals surface area contributed by atoms with E-state index in [-0.39, 0.29) is 6.04 Å². The number of rotatable bonds is 1. The summed E-state index contributed by atoms with van der Waals surface area (Å²) in [5, 5.41) is 0.791. The van der Waals surface area contributed by atoms with Crippen molar-refractivity contribution in [2.75, 3.05) is 0 Å².